The van der Waals surface area contributed by atoms with Crippen LogP contribution in [0.15, 0.2) is 24.3 Å². The Bertz CT molecular complexity index is 386. The number of hydrogen-bond acceptors (Lipinski definition) is 4. The van der Waals surface area contributed by atoms with Gasteiger partial charge in [0.1, 0.15) is 0 Å². The molecule has 19 heavy (non-hydrogen) atoms. The van der Waals surface area contributed by atoms with E-state index in [0.29, 0.717) is 12.6 Å². The van der Waals surface area contributed by atoms with E-state index in [1.54, 1.807) is 31.4 Å². The number of nitrogens with one attached hydrogen (secondary N) is 1. The second kappa shape index (κ2) is 7.86. The first-order valence-corrected chi connectivity index (χ1v) is 6.57. The van der Waals surface area contributed by atoms with Gasteiger partial charge in [0.05, 0.1) is 11.5 Å². The van der Waals surface area contributed by atoms with Crippen molar-refractivity contribution in [2.75, 3.05) is 13.7 Å². The molecule has 0 aliphatic heterocycles. The van der Waals surface area contributed by atoms with E-state index in [1.807, 2.05) is 0 Å². The predicted octanol–water partition coefficient (Wildman–Crippen LogP) is 3.06. The lowest BCUT2D eigenvalue weighted by atomic mass is 10.1. The van der Waals surface area contributed by atoms with Gasteiger partial charge in [0, 0.05) is 31.3 Å². The molecule has 0 saturated heterocycles. The van der Waals surface area contributed by atoms with Gasteiger partial charge < -0.3 is 10.1 Å². The van der Waals surface area contributed by atoms with E-state index >= 15 is 0 Å². The number of nitrogens with zero attached hydrogens (tertiary/aromatic N) is 1. The summed E-state index contributed by atoms with van der Waals surface area (Å²) in [4.78, 5) is 10.2. The maximum Gasteiger partial charge on any atom is 0.269 e. The van der Waals surface area contributed by atoms with Gasteiger partial charge in [-0.2, -0.15) is 0 Å². The molecule has 0 saturated carbocycles. The molecule has 0 aliphatic carbocycles. The van der Waals surface area contributed by atoms with Crippen LogP contribution in [0.5, 0.6) is 0 Å². The molecule has 2 unspecified atom stereocenters. The molecule has 5 heteroatoms. The molecular weight excluding hydrogens is 244 g/mol. The summed E-state index contributed by atoms with van der Waals surface area (Å²) in [5, 5.41) is 14.1. The van der Waals surface area contributed by atoms with Crippen molar-refractivity contribution in [3.05, 3.63) is 39.9 Å². The van der Waals surface area contributed by atoms with Crippen LogP contribution in [0.4, 0.5) is 5.69 Å². The van der Waals surface area contributed by atoms with Gasteiger partial charge >= 0.3 is 0 Å². The zero-order valence-corrected chi connectivity index (χ0v) is 11.8. The molecule has 1 aromatic carbocycles. The minimum atomic E-state index is -0.382. The van der Waals surface area contributed by atoms with Crippen LogP contribution in [0.1, 0.15) is 38.3 Å². The third kappa shape index (κ3) is 4.96. The molecule has 106 valence electrons. The zero-order valence-electron chi connectivity index (χ0n) is 11.8. The second-order valence-electron chi connectivity index (χ2n) is 4.68. The van der Waals surface area contributed by atoms with Crippen LogP contribution in [0.3, 0.4) is 0 Å². The van der Waals surface area contributed by atoms with E-state index in [-0.39, 0.29) is 16.7 Å². The number of ether oxygens (including phenoxy) is 1. The van der Waals surface area contributed by atoms with Crippen molar-refractivity contribution in [1.29, 1.82) is 0 Å². The Morgan fingerprint density at radius 2 is 2.00 bits per heavy atom. The van der Waals surface area contributed by atoms with Crippen LogP contribution >= 0.6 is 0 Å². The summed E-state index contributed by atoms with van der Waals surface area (Å²) in [6.45, 7) is 4.87. The molecular formula is C14H22N2O3. The van der Waals surface area contributed by atoms with E-state index < -0.39 is 0 Å². The number of nitro benzene ring substituents is 1. The number of nitro groups is 1. The minimum absolute atomic E-state index is 0.123. The largest absolute Gasteiger partial charge is 0.383 e. The molecule has 0 fully saturated rings. The fourth-order valence-electron chi connectivity index (χ4n) is 2.10. The number of non-ortho nitro benzene ring substituents is 1. The monoisotopic (exact) mass is 266 g/mol. The summed E-state index contributed by atoms with van der Waals surface area (Å²) in [5.74, 6) is 0. The third-order valence-corrected chi connectivity index (χ3v) is 3.09. The Morgan fingerprint density at radius 3 is 2.47 bits per heavy atom. The lowest BCUT2D eigenvalue weighted by Gasteiger charge is -2.22. The first-order chi connectivity index (χ1) is 9.08. The molecule has 0 bridgehead atoms. The SMILES string of the molecule is CCCC(COC)NC(C)c1ccc([N+](=O)[O-])cc1. The highest BCUT2D eigenvalue weighted by Gasteiger charge is 2.13. The summed E-state index contributed by atoms with van der Waals surface area (Å²) >= 11 is 0. The van der Waals surface area contributed by atoms with Crippen LogP contribution in [0, 0.1) is 10.1 Å². The first kappa shape index (κ1) is 15.6. The van der Waals surface area contributed by atoms with Crippen molar-refractivity contribution in [2.45, 2.75) is 38.8 Å². The van der Waals surface area contributed by atoms with Crippen molar-refractivity contribution >= 4 is 5.69 Å². The Hall–Kier alpha value is -1.46. The van der Waals surface area contributed by atoms with Gasteiger partial charge in [-0.25, -0.2) is 0 Å². The average Bonchev–Trinajstić information content (AvgIpc) is 2.39. The Balaban J connectivity index is 2.65. The van der Waals surface area contributed by atoms with Crippen molar-refractivity contribution in [2.24, 2.45) is 0 Å². The highest BCUT2D eigenvalue weighted by Crippen LogP contribution is 2.18. The van der Waals surface area contributed by atoms with Crippen LogP contribution < -0.4 is 5.32 Å². The Morgan fingerprint density at radius 1 is 1.37 bits per heavy atom. The Kier molecular flexibility index (Phi) is 6.45. The molecule has 0 aromatic heterocycles. The van der Waals surface area contributed by atoms with E-state index in [2.05, 4.69) is 19.2 Å². The van der Waals surface area contributed by atoms with Crippen LogP contribution in [-0.2, 0) is 4.74 Å². The summed E-state index contributed by atoms with van der Waals surface area (Å²) in [5.41, 5.74) is 1.17. The molecule has 5 nitrogen and oxygen atoms in total. The van der Waals surface area contributed by atoms with E-state index in [4.69, 9.17) is 4.74 Å². The molecule has 0 amide bonds. The maximum atomic E-state index is 10.6. The number of benzene rings is 1. The van der Waals surface area contributed by atoms with Crippen molar-refractivity contribution < 1.29 is 9.66 Å². The standard InChI is InChI=1S/C14H22N2O3/c1-4-5-13(10-19-3)15-11(2)12-6-8-14(9-7-12)16(17)18/h6-9,11,13,15H,4-5,10H2,1-3H3. The van der Waals surface area contributed by atoms with E-state index in [1.165, 1.54) is 0 Å². The number of hydrogen-bond donors (Lipinski definition) is 1. The predicted molar refractivity (Wildman–Crippen MR) is 75.2 cm³/mol. The van der Waals surface area contributed by atoms with E-state index in [0.717, 1.165) is 18.4 Å². The molecule has 0 spiro atoms. The van der Waals surface area contributed by atoms with Gasteiger partial charge in [-0.3, -0.25) is 10.1 Å². The summed E-state index contributed by atoms with van der Waals surface area (Å²) in [6.07, 6.45) is 2.14. The molecule has 1 rings (SSSR count). The van der Waals surface area contributed by atoms with Crippen LogP contribution in [0.2, 0.25) is 0 Å². The fraction of sp³-hybridized carbons (Fsp3) is 0.571. The zero-order chi connectivity index (χ0) is 14.3. The summed E-state index contributed by atoms with van der Waals surface area (Å²) in [6, 6.07) is 7.13. The second-order valence-corrected chi connectivity index (χ2v) is 4.68. The minimum Gasteiger partial charge on any atom is -0.383 e. The highest BCUT2D eigenvalue weighted by atomic mass is 16.6. The van der Waals surface area contributed by atoms with Crippen molar-refractivity contribution in [3.63, 3.8) is 0 Å². The topological polar surface area (TPSA) is 64.4 Å². The Labute approximate surface area is 114 Å². The average molecular weight is 266 g/mol. The smallest absolute Gasteiger partial charge is 0.269 e. The van der Waals surface area contributed by atoms with Gasteiger partial charge in [0.2, 0.25) is 0 Å². The van der Waals surface area contributed by atoms with Gasteiger partial charge in [-0.15, -0.1) is 0 Å². The number of rotatable bonds is 8. The van der Waals surface area contributed by atoms with Crippen LogP contribution in [-0.4, -0.2) is 24.7 Å². The quantitative estimate of drug-likeness (QED) is 0.580. The molecule has 0 radical (unpaired) electrons. The normalized spacial score (nSPS) is 14.1. The summed E-state index contributed by atoms with van der Waals surface area (Å²) < 4.78 is 5.19. The highest BCUT2D eigenvalue weighted by molar-refractivity contribution is 5.34. The third-order valence-electron chi connectivity index (χ3n) is 3.09. The van der Waals surface area contributed by atoms with Gasteiger partial charge in [0.25, 0.3) is 5.69 Å². The molecule has 0 heterocycles. The maximum absolute atomic E-state index is 10.6. The first-order valence-electron chi connectivity index (χ1n) is 6.57. The van der Waals surface area contributed by atoms with Gasteiger partial charge in [-0.1, -0.05) is 25.5 Å². The van der Waals surface area contributed by atoms with Gasteiger partial charge in [-0.05, 0) is 18.9 Å². The van der Waals surface area contributed by atoms with Crippen molar-refractivity contribution in [1.82, 2.24) is 5.32 Å². The van der Waals surface area contributed by atoms with E-state index in [9.17, 15) is 10.1 Å². The summed E-state index contributed by atoms with van der Waals surface area (Å²) in [7, 11) is 1.70. The molecule has 0 aliphatic rings. The molecule has 1 N–H and O–H groups in total. The van der Waals surface area contributed by atoms with Crippen molar-refractivity contribution in [3.8, 4) is 0 Å². The van der Waals surface area contributed by atoms with Gasteiger partial charge in [0.15, 0.2) is 0 Å². The fourth-order valence-corrected chi connectivity index (χ4v) is 2.10. The lowest BCUT2D eigenvalue weighted by Crippen LogP contribution is -2.35. The number of methoxy groups -OCH3 is 1. The molecule has 2 atom stereocenters. The van der Waals surface area contributed by atoms with Crippen LogP contribution in [0.25, 0.3) is 0 Å². The molecule has 1 aromatic rings. The lowest BCUT2D eigenvalue weighted by molar-refractivity contribution is -0.384.